The second-order valence-electron chi connectivity index (χ2n) is 6.25. The van der Waals surface area contributed by atoms with Gasteiger partial charge in [0.1, 0.15) is 0 Å². The Hall–Kier alpha value is -1.14. The number of hydrogen-bond acceptors (Lipinski definition) is 3. The molecule has 2 atom stereocenters. The van der Waals surface area contributed by atoms with Crippen molar-refractivity contribution < 1.29 is 4.79 Å². The molecule has 21 heavy (non-hydrogen) atoms. The Morgan fingerprint density at radius 1 is 1.33 bits per heavy atom. The van der Waals surface area contributed by atoms with Crippen LogP contribution in [-0.4, -0.2) is 23.0 Å². The van der Waals surface area contributed by atoms with E-state index in [1.54, 1.807) is 6.07 Å². The monoisotopic (exact) mass is 353 g/mol. The van der Waals surface area contributed by atoms with E-state index < -0.39 is 0 Å². The zero-order valence-electron chi connectivity index (χ0n) is 11.8. The molecule has 5 nitrogen and oxygen atoms in total. The SMILES string of the molecule is NC1CC2CCCC(C1)C2NC(=O)c1c[nH]c(=O)c(Br)c1. The summed E-state index contributed by atoms with van der Waals surface area (Å²) in [5.74, 6) is 0.856. The largest absolute Gasteiger partial charge is 0.349 e. The van der Waals surface area contributed by atoms with Crippen LogP contribution in [0.15, 0.2) is 21.5 Å². The second-order valence-corrected chi connectivity index (χ2v) is 7.10. The molecule has 2 aliphatic rings. The molecule has 0 spiro atoms. The lowest BCUT2D eigenvalue weighted by atomic mass is 9.67. The van der Waals surface area contributed by atoms with E-state index >= 15 is 0 Å². The van der Waals surface area contributed by atoms with E-state index in [0.717, 1.165) is 25.7 Å². The quantitative estimate of drug-likeness (QED) is 0.756. The Bertz CT molecular complexity index is 587. The van der Waals surface area contributed by atoms with Crippen LogP contribution < -0.4 is 16.6 Å². The van der Waals surface area contributed by atoms with Crippen LogP contribution in [0.25, 0.3) is 0 Å². The van der Waals surface area contributed by atoms with Crippen molar-refractivity contribution in [3.05, 3.63) is 32.7 Å². The molecular formula is C15H20BrN3O2. The van der Waals surface area contributed by atoms with Crippen molar-refractivity contribution in [1.29, 1.82) is 0 Å². The zero-order chi connectivity index (χ0) is 15.0. The Kier molecular flexibility index (Phi) is 4.17. The summed E-state index contributed by atoms with van der Waals surface area (Å²) < 4.78 is 0.376. The van der Waals surface area contributed by atoms with Gasteiger partial charge in [-0.2, -0.15) is 0 Å². The number of carbonyl (C=O) groups excluding carboxylic acids is 1. The smallest absolute Gasteiger partial charge is 0.262 e. The van der Waals surface area contributed by atoms with Gasteiger partial charge in [-0.15, -0.1) is 0 Å². The van der Waals surface area contributed by atoms with Gasteiger partial charge in [0.05, 0.1) is 10.0 Å². The minimum atomic E-state index is -0.230. The van der Waals surface area contributed by atoms with E-state index in [1.807, 2.05) is 0 Å². The molecule has 2 unspecified atom stereocenters. The molecular weight excluding hydrogens is 334 g/mol. The summed E-state index contributed by atoms with van der Waals surface area (Å²) in [4.78, 5) is 26.3. The van der Waals surface area contributed by atoms with Crippen molar-refractivity contribution in [3.8, 4) is 0 Å². The van der Waals surface area contributed by atoms with Crippen LogP contribution in [0, 0.1) is 11.8 Å². The number of amides is 1. The van der Waals surface area contributed by atoms with Crippen LogP contribution in [0.3, 0.4) is 0 Å². The van der Waals surface area contributed by atoms with Crippen molar-refractivity contribution in [2.24, 2.45) is 17.6 Å². The maximum absolute atomic E-state index is 12.4. The van der Waals surface area contributed by atoms with Crippen LogP contribution >= 0.6 is 15.9 Å². The third-order valence-corrected chi connectivity index (χ3v) is 5.38. The van der Waals surface area contributed by atoms with E-state index in [-0.39, 0.29) is 23.6 Å². The molecule has 114 valence electrons. The molecule has 0 saturated heterocycles. The van der Waals surface area contributed by atoms with Crippen molar-refractivity contribution in [2.75, 3.05) is 0 Å². The molecule has 3 rings (SSSR count). The summed E-state index contributed by atoms with van der Waals surface area (Å²) in [5.41, 5.74) is 6.36. The van der Waals surface area contributed by atoms with Crippen LogP contribution in [0.5, 0.6) is 0 Å². The number of rotatable bonds is 2. The maximum atomic E-state index is 12.4. The molecule has 0 aliphatic heterocycles. The van der Waals surface area contributed by atoms with E-state index in [4.69, 9.17) is 5.73 Å². The molecule has 1 aromatic heterocycles. The first kappa shape index (κ1) is 14.8. The van der Waals surface area contributed by atoms with Crippen LogP contribution in [0.4, 0.5) is 0 Å². The van der Waals surface area contributed by atoms with Gasteiger partial charge in [0.25, 0.3) is 11.5 Å². The first-order valence-corrected chi connectivity index (χ1v) is 8.28. The van der Waals surface area contributed by atoms with Crippen LogP contribution in [0.2, 0.25) is 0 Å². The Balaban J connectivity index is 1.74. The first-order chi connectivity index (χ1) is 10.0. The van der Waals surface area contributed by atoms with Gasteiger partial charge in [0.15, 0.2) is 0 Å². The fourth-order valence-corrected chi connectivity index (χ4v) is 4.21. The minimum absolute atomic E-state index is 0.121. The topological polar surface area (TPSA) is 88.0 Å². The Labute approximate surface area is 131 Å². The predicted molar refractivity (Wildman–Crippen MR) is 84.1 cm³/mol. The maximum Gasteiger partial charge on any atom is 0.262 e. The van der Waals surface area contributed by atoms with Crippen molar-refractivity contribution >= 4 is 21.8 Å². The summed E-state index contributed by atoms with van der Waals surface area (Å²) in [5, 5.41) is 3.17. The number of H-pyrrole nitrogens is 1. The molecule has 2 aliphatic carbocycles. The molecule has 2 bridgehead atoms. The van der Waals surface area contributed by atoms with Gasteiger partial charge in [-0.25, -0.2) is 0 Å². The third-order valence-electron chi connectivity index (χ3n) is 4.79. The Morgan fingerprint density at radius 3 is 2.62 bits per heavy atom. The second kappa shape index (κ2) is 5.93. The van der Waals surface area contributed by atoms with Crippen molar-refractivity contribution in [1.82, 2.24) is 10.3 Å². The predicted octanol–water partition coefficient (Wildman–Crippen LogP) is 1.77. The highest BCUT2D eigenvalue weighted by Gasteiger charge is 2.39. The van der Waals surface area contributed by atoms with Crippen molar-refractivity contribution in [2.45, 2.75) is 44.2 Å². The number of pyridine rings is 1. The number of hydrogen-bond donors (Lipinski definition) is 3. The summed E-state index contributed by atoms with van der Waals surface area (Å²) in [7, 11) is 0. The number of nitrogens with two attached hydrogens (primary N) is 1. The minimum Gasteiger partial charge on any atom is -0.349 e. The number of aromatic nitrogens is 1. The number of aromatic amines is 1. The van der Waals surface area contributed by atoms with Gasteiger partial charge in [-0.05, 0) is 59.5 Å². The molecule has 0 radical (unpaired) electrons. The average molecular weight is 354 g/mol. The lowest BCUT2D eigenvalue weighted by Crippen LogP contribution is -2.53. The number of fused-ring (bicyclic) bond motifs is 2. The lowest BCUT2D eigenvalue weighted by Gasteiger charge is -2.45. The standard InChI is InChI=1S/C15H20BrN3O2/c16-12-6-10(7-18-15(12)21)14(20)19-13-8-2-1-3-9(13)5-11(17)4-8/h6-9,11,13H,1-5,17H2,(H,18,21)(H,19,20). The molecule has 2 fully saturated rings. The van der Waals surface area contributed by atoms with Crippen LogP contribution in [0.1, 0.15) is 42.5 Å². The van der Waals surface area contributed by atoms with Gasteiger partial charge in [0.2, 0.25) is 0 Å². The van der Waals surface area contributed by atoms with E-state index in [1.165, 1.54) is 12.6 Å². The van der Waals surface area contributed by atoms with Gasteiger partial charge in [-0.3, -0.25) is 9.59 Å². The molecule has 1 amide bonds. The first-order valence-electron chi connectivity index (χ1n) is 7.49. The summed E-state index contributed by atoms with van der Waals surface area (Å²) in [6.45, 7) is 0. The normalized spacial score (nSPS) is 31.7. The van der Waals surface area contributed by atoms with Crippen molar-refractivity contribution in [3.63, 3.8) is 0 Å². The highest BCUT2D eigenvalue weighted by Crippen LogP contribution is 2.39. The fourth-order valence-electron chi connectivity index (χ4n) is 3.85. The number of carbonyl (C=O) groups is 1. The number of nitrogens with one attached hydrogen (secondary N) is 2. The highest BCUT2D eigenvalue weighted by molar-refractivity contribution is 9.10. The summed E-state index contributed by atoms with van der Waals surface area (Å²) >= 11 is 3.16. The molecule has 0 aromatic carbocycles. The zero-order valence-corrected chi connectivity index (χ0v) is 13.4. The third kappa shape index (κ3) is 3.06. The van der Waals surface area contributed by atoms with Gasteiger partial charge < -0.3 is 16.0 Å². The number of halogens is 1. The molecule has 2 saturated carbocycles. The summed E-state index contributed by atoms with van der Waals surface area (Å²) in [6, 6.07) is 2.06. The fraction of sp³-hybridized carbons (Fsp3) is 0.600. The molecule has 6 heteroatoms. The summed E-state index contributed by atoms with van der Waals surface area (Å²) in [6.07, 6.45) is 6.98. The van der Waals surface area contributed by atoms with E-state index in [2.05, 4.69) is 26.2 Å². The van der Waals surface area contributed by atoms with Gasteiger partial charge >= 0.3 is 0 Å². The van der Waals surface area contributed by atoms with Gasteiger partial charge in [-0.1, -0.05) is 6.42 Å². The highest BCUT2D eigenvalue weighted by atomic mass is 79.9. The molecule has 1 aromatic rings. The van der Waals surface area contributed by atoms with Gasteiger partial charge in [0, 0.05) is 18.3 Å². The Morgan fingerprint density at radius 2 is 2.00 bits per heavy atom. The molecule has 1 heterocycles. The lowest BCUT2D eigenvalue weighted by molar-refractivity contribution is 0.0755. The average Bonchev–Trinajstić information content (AvgIpc) is 2.42. The van der Waals surface area contributed by atoms with E-state index in [0.29, 0.717) is 21.9 Å². The van der Waals surface area contributed by atoms with Crippen LogP contribution in [-0.2, 0) is 0 Å². The van der Waals surface area contributed by atoms with E-state index in [9.17, 15) is 9.59 Å². The molecule has 4 N–H and O–H groups in total.